The van der Waals surface area contributed by atoms with E-state index in [-0.39, 0.29) is 24.4 Å². The molecule has 1 fully saturated rings. The van der Waals surface area contributed by atoms with Crippen molar-refractivity contribution < 1.29 is 13.9 Å². The summed E-state index contributed by atoms with van der Waals surface area (Å²) in [6.45, 7) is 11.7. The van der Waals surface area contributed by atoms with E-state index in [9.17, 15) is 9.18 Å². The number of nitrogens with zero attached hydrogens (tertiary/aromatic N) is 2. The molecular weight excluding hydrogens is 393 g/mol. The van der Waals surface area contributed by atoms with Crippen LogP contribution in [0.3, 0.4) is 0 Å². The molecule has 1 heterocycles. The lowest BCUT2D eigenvalue weighted by atomic mass is 10.0. The number of carbonyl (C=O) groups excluding carboxylic acids is 1. The summed E-state index contributed by atoms with van der Waals surface area (Å²) in [6, 6.07) is 10.6. The third-order valence-electron chi connectivity index (χ3n) is 5.83. The Balaban J connectivity index is 1.68. The molecule has 0 spiro atoms. The fourth-order valence-corrected chi connectivity index (χ4v) is 3.96. The third-order valence-corrected chi connectivity index (χ3v) is 5.83. The molecule has 168 valence electrons. The van der Waals surface area contributed by atoms with Crippen molar-refractivity contribution in [1.82, 2.24) is 10.2 Å². The Kier molecular flexibility index (Phi) is 7.55. The van der Waals surface area contributed by atoms with E-state index >= 15 is 0 Å². The van der Waals surface area contributed by atoms with Crippen LogP contribution in [-0.4, -0.2) is 50.6 Å². The smallest absolute Gasteiger partial charge is 0.258 e. The molecule has 1 atom stereocenters. The molecular formula is C25H34FN3O2. The zero-order valence-electron chi connectivity index (χ0n) is 19.2. The third kappa shape index (κ3) is 5.97. The molecule has 3 rings (SSSR count). The summed E-state index contributed by atoms with van der Waals surface area (Å²) in [5.41, 5.74) is 3.93. The zero-order valence-corrected chi connectivity index (χ0v) is 19.2. The number of benzene rings is 2. The highest BCUT2D eigenvalue weighted by Crippen LogP contribution is 2.29. The van der Waals surface area contributed by atoms with E-state index in [4.69, 9.17) is 4.74 Å². The number of piperazine rings is 1. The van der Waals surface area contributed by atoms with Crippen LogP contribution in [0.25, 0.3) is 0 Å². The Morgan fingerprint density at radius 1 is 1.06 bits per heavy atom. The highest BCUT2D eigenvalue weighted by molar-refractivity contribution is 5.78. The molecule has 0 aliphatic carbocycles. The summed E-state index contributed by atoms with van der Waals surface area (Å²) in [6.07, 6.45) is 0. The molecule has 1 aliphatic heterocycles. The quantitative estimate of drug-likeness (QED) is 0.717. The normalized spacial score (nSPS) is 15.8. The monoisotopic (exact) mass is 427 g/mol. The minimum atomic E-state index is -0.330. The molecule has 1 amide bonds. The molecule has 6 heteroatoms. The zero-order chi connectivity index (χ0) is 22.5. The molecule has 31 heavy (non-hydrogen) atoms. The Labute approximate surface area is 185 Å². The van der Waals surface area contributed by atoms with Crippen molar-refractivity contribution in [1.29, 1.82) is 0 Å². The van der Waals surface area contributed by atoms with Crippen molar-refractivity contribution in [2.75, 3.05) is 44.7 Å². The van der Waals surface area contributed by atoms with Gasteiger partial charge in [0.2, 0.25) is 0 Å². The van der Waals surface area contributed by atoms with Crippen LogP contribution in [-0.2, 0) is 4.79 Å². The highest BCUT2D eigenvalue weighted by Gasteiger charge is 2.21. The molecule has 2 aromatic carbocycles. The van der Waals surface area contributed by atoms with Crippen LogP contribution in [0.1, 0.15) is 49.4 Å². The summed E-state index contributed by atoms with van der Waals surface area (Å²) in [7, 11) is 2.10. The van der Waals surface area contributed by atoms with Gasteiger partial charge in [-0.1, -0.05) is 26.0 Å². The van der Waals surface area contributed by atoms with E-state index in [0.717, 1.165) is 54.3 Å². The van der Waals surface area contributed by atoms with Crippen molar-refractivity contribution in [2.45, 2.75) is 39.7 Å². The van der Waals surface area contributed by atoms with Gasteiger partial charge in [-0.15, -0.1) is 0 Å². The van der Waals surface area contributed by atoms with E-state index in [1.807, 2.05) is 38.1 Å². The second kappa shape index (κ2) is 10.1. The summed E-state index contributed by atoms with van der Waals surface area (Å²) in [5.74, 6) is 0.515. The molecule has 1 N–H and O–H groups in total. The predicted molar refractivity (Wildman–Crippen MR) is 123 cm³/mol. The minimum absolute atomic E-state index is 0.0767. The van der Waals surface area contributed by atoms with Gasteiger partial charge < -0.3 is 19.9 Å². The molecule has 0 bridgehead atoms. The molecule has 5 nitrogen and oxygen atoms in total. The van der Waals surface area contributed by atoms with E-state index in [1.165, 1.54) is 12.1 Å². The lowest BCUT2D eigenvalue weighted by molar-refractivity contribution is -0.123. The fraction of sp³-hybridized carbons (Fsp3) is 0.480. The van der Waals surface area contributed by atoms with Crippen LogP contribution in [0.15, 0.2) is 36.4 Å². The number of anilines is 1. The Morgan fingerprint density at radius 2 is 1.77 bits per heavy atom. The van der Waals surface area contributed by atoms with Gasteiger partial charge in [-0.25, -0.2) is 4.39 Å². The maximum absolute atomic E-state index is 14.0. The van der Waals surface area contributed by atoms with Gasteiger partial charge in [-0.3, -0.25) is 4.79 Å². The Morgan fingerprint density at radius 3 is 2.45 bits per heavy atom. The van der Waals surface area contributed by atoms with Crippen LogP contribution in [0.2, 0.25) is 0 Å². The minimum Gasteiger partial charge on any atom is -0.483 e. The summed E-state index contributed by atoms with van der Waals surface area (Å²) in [5, 5.41) is 2.98. The molecule has 0 saturated carbocycles. The first-order valence-electron chi connectivity index (χ1n) is 11.0. The van der Waals surface area contributed by atoms with E-state index in [1.54, 1.807) is 0 Å². The van der Waals surface area contributed by atoms with Gasteiger partial charge in [0.25, 0.3) is 5.91 Å². The van der Waals surface area contributed by atoms with Gasteiger partial charge >= 0.3 is 0 Å². The van der Waals surface area contributed by atoms with Crippen LogP contribution < -0.4 is 15.0 Å². The standard InChI is InChI=1S/C25H34FN3O2/c1-17(2)21-8-6-18(3)14-24(21)31-16-25(30)27-19(4)22-15-20(26)7-9-23(22)29-12-10-28(5)11-13-29/h6-9,14-15,17,19H,10-13,16H2,1-5H3,(H,27,30). The van der Waals surface area contributed by atoms with Crippen molar-refractivity contribution in [2.24, 2.45) is 0 Å². The average molecular weight is 428 g/mol. The van der Waals surface area contributed by atoms with Crippen molar-refractivity contribution in [3.63, 3.8) is 0 Å². The van der Waals surface area contributed by atoms with Gasteiger partial charge in [-0.05, 0) is 62.2 Å². The molecule has 2 aromatic rings. The molecule has 1 aliphatic rings. The Hall–Kier alpha value is -2.60. The second-order valence-electron chi connectivity index (χ2n) is 8.77. The van der Waals surface area contributed by atoms with E-state index in [0.29, 0.717) is 5.92 Å². The number of hydrogen-bond acceptors (Lipinski definition) is 4. The van der Waals surface area contributed by atoms with Crippen LogP contribution in [0.5, 0.6) is 5.75 Å². The first-order valence-corrected chi connectivity index (χ1v) is 11.0. The Bertz CT molecular complexity index is 908. The number of rotatable bonds is 7. The molecule has 1 saturated heterocycles. The number of likely N-dealkylation sites (N-methyl/N-ethyl adjacent to an activating group) is 1. The van der Waals surface area contributed by atoms with Crippen molar-refractivity contribution in [3.8, 4) is 5.75 Å². The molecule has 0 aromatic heterocycles. The van der Waals surface area contributed by atoms with Gasteiger partial charge in [0.05, 0.1) is 6.04 Å². The molecule has 0 radical (unpaired) electrons. The number of carbonyl (C=O) groups is 1. The average Bonchev–Trinajstić information content (AvgIpc) is 2.72. The number of ether oxygens (including phenoxy) is 1. The van der Waals surface area contributed by atoms with Crippen molar-refractivity contribution in [3.05, 3.63) is 58.9 Å². The second-order valence-corrected chi connectivity index (χ2v) is 8.77. The summed E-state index contributed by atoms with van der Waals surface area (Å²) < 4.78 is 19.9. The fourth-order valence-electron chi connectivity index (χ4n) is 3.96. The van der Waals surface area contributed by atoms with Crippen LogP contribution in [0.4, 0.5) is 10.1 Å². The number of nitrogens with one attached hydrogen (secondary N) is 1. The van der Waals surface area contributed by atoms with E-state index in [2.05, 4.69) is 36.0 Å². The van der Waals surface area contributed by atoms with Crippen LogP contribution in [0, 0.1) is 12.7 Å². The number of amides is 1. The van der Waals surface area contributed by atoms with Gasteiger partial charge in [0.1, 0.15) is 11.6 Å². The summed E-state index contributed by atoms with van der Waals surface area (Å²) >= 11 is 0. The SMILES string of the molecule is Cc1ccc(C(C)C)c(OCC(=O)NC(C)c2cc(F)ccc2N2CCN(C)CC2)c1. The van der Waals surface area contributed by atoms with Crippen LogP contribution >= 0.6 is 0 Å². The van der Waals surface area contributed by atoms with Gasteiger partial charge in [0.15, 0.2) is 6.61 Å². The lowest BCUT2D eigenvalue weighted by Crippen LogP contribution is -2.45. The largest absolute Gasteiger partial charge is 0.483 e. The maximum Gasteiger partial charge on any atom is 0.258 e. The summed E-state index contributed by atoms with van der Waals surface area (Å²) in [4.78, 5) is 17.2. The lowest BCUT2D eigenvalue weighted by Gasteiger charge is -2.36. The first kappa shape index (κ1) is 23.1. The number of aryl methyl sites for hydroxylation is 1. The topological polar surface area (TPSA) is 44.8 Å². The maximum atomic E-state index is 14.0. The van der Waals surface area contributed by atoms with Crippen molar-refractivity contribution >= 4 is 11.6 Å². The molecule has 1 unspecified atom stereocenters. The van der Waals surface area contributed by atoms with Gasteiger partial charge in [-0.2, -0.15) is 0 Å². The number of hydrogen-bond donors (Lipinski definition) is 1. The predicted octanol–water partition coefficient (Wildman–Crippen LogP) is 4.27. The highest BCUT2D eigenvalue weighted by atomic mass is 19.1. The van der Waals surface area contributed by atoms with E-state index < -0.39 is 0 Å². The van der Waals surface area contributed by atoms with Gasteiger partial charge in [0, 0.05) is 37.4 Å². The first-order chi connectivity index (χ1) is 14.7. The number of halogens is 1.